The van der Waals surface area contributed by atoms with E-state index in [9.17, 15) is 0 Å². The van der Waals surface area contributed by atoms with Crippen molar-refractivity contribution < 1.29 is 4.74 Å². The number of rotatable bonds is 6. The average Bonchev–Trinajstić information content (AvgIpc) is 3.34. The number of ether oxygens (including phenoxy) is 1. The van der Waals surface area contributed by atoms with Gasteiger partial charge in [-0.1, -0.05) is 29.5 Å². The highest BCUT2D eigenvalue weighted by Gasteiger charge is 2.09. The van der Waals surface area contributed by atoms with E-state index in [1.54, 1.807) is 7.11 Å². The Morgan fingerprint density at radius 3 is 2.69 bits per heavy atom. The van der Waals surface area contributed by atoms with Crippen molar-refractivity contribution in [2.45, 2.75) is 13.8 Å². The number of methoxy groups -OCH3 is 1. The molecule has 0 fully saturated rings. The fourth-order valence-electron chi connectivity index (χ4n) is 2.84. The van der Waals surface area contributed by atoms with Gasteiger partial charge in [0, 0.05) is 22.7 Å². The second kappa shape index (κ2) is 8.24. The molecule has 4 rings (SSSR count). The molecule has 2 N–H and O–H groups in total. The van der Waals surface area contributed by atoms with Crippen LogP contribution in [0, 0.1) is 6.92 Å². The predicted octanol–water partition coefficient (Wildman–Crippen LogP) is 6.19. The third-order valence-corrected chi connectivity index (χ3v) is 5.35. The number of para-hydroxylation sites is 1. The fourth-order valence-corrected chi connectivity index (χ4v) is 3.58. The Morgan fingerprint density at radius 2 is 1.90 bits per heavy atom. The van der Waals surface area contributed by atoms with E-state index >= 15 is 0 Å². The molecule has 7 nitrogen and oxygen atoms in total. The predicted molar refractivity (Wildman–Crippen MR) is 118 cm³/mol. The summed E-state index contributed by atoms with van der Waals surface area (Å²) < 4.78 is 5.15. The van der Waals surface area contributed by atoms with E-state index in [0.717, 1.165) is 44.3 Å². The van der Waals surface area contributed by atoms with Gasteiger partial charge in [0.15, 0.2) is 5.00 Å². The number of hydrogen-bond acceptors (Lipinski definition) is 7. The molecule has 0 saturated carbocycles. The largest absolute Gasteiger partial charge is 0.497 e. The van der Waals surface area contributed by atoms with Gasteiger partial charge >= 0.3 is 0 Å². The highest BCUT2D eigenvalue weighted by atomic mass is 32.1. The van der Waals surface area contributed by atoms with E-state index in [-0.39, 0.29) is 0 Å². The molecule has 0 bridgehead atoms. The monoisotopic (exact) mass is 404 g/mol. The molecule has 2 aromatic heterocycles. The molecule has 2 aromatic carbocycles. The quantitative estimate of drug-likeness (QED) is 0.228. The van der Waals surface area contributed by atoms with Crippen LogP contribution in [0.2, 0.25) is 0 Å². The van der Waals surface area contributed by atoms with Gasteiger partial charge in [0.1, 0.15) is 5.75 Å². The zero-order valence-electron chi connectivity index (χ0n) is 16.3. The number of azo groups is 1. The van der Waals surface area contributed by atoms with Crippen LogP contribution in [0.1, 0.15) is 18.2 Å². The molecular formula is C21H20N6OS. The molecule has 4 aromatic rings. The highest BCUT2D eigenvalue weighted by molar-refractivity contribution is 7.19. The second-order valence-corrected chi connectivity index (χ2v) is 7.34. The molecule has 0 aliphatic carbocycles. The number of thiazole rings is 1. The smallest absolute Gasteiger partial charge is 0.205 e. The minimum Gasteiger partial charge on any atom is -0.497 e. The van der Waals surface area contributed by atoms with Crippen LogP contribution < -0.4 is 10.2 Å². The average molecular weight is 404 g/mol. The summed E-state index contributed by atoms with van der Waals surface area (Å²) in [4.78, 5) is 7.75. The molecule has 8 heteroatoms. The number of hydrazone groups is 1. The van der Waals surface area contributed by atoms with Crippen molar-refractivity contribution in [3.8, 4) is 5.75 Å². The minimum atomic E-state index is 0.672. The van der Waals surface area contributed by atoms with E-state index in [1.807, 2.05) is 62.5 Å². The van der Waals surface area contributed by atoms with E-state index in [1.165, 1.54) is 11.3 Å². The lowest BCUT2D eigenvalue weighted by molar-refractivity contribution is 0.415. The molecular weight excluding hydrogens is 384 g/mol. The first-order chi connectivity index (χ1) is 14.1. The molecule has 2 heterocycles. The number of anilines is 1. The van der Waals surface area contributed by atoms with Gasteiger partial charge in [-0.15, -0.1) is 10.2 Å². The Morgan fingerprint density at radius 1 is 1.10 bits per heavy atom. The normalized spacial score (nSPS) is 12.0. The summed E-state index contributed by atoms with van der Waals surface area (Å²) >= 11 is 1.41. The summed E-state index contributed by atoms with van der Waals surface area (Å²) in [7, 11) is 1.63. The lowest BCUT2D eigenvalue weighted by Crippen LogP contribution is -1.98. The van der Waals surface area contributed by atoms with Crippen molar-refractivity contribution in [3.05, 3.63) is 66.0 Å². The van der Waals surface area contributed by atoms with Crippen LogP contribution in [-0.4, -0.2) is 22.8 Å². The number of aryl methyl sites for hydroxylation is 1. The number of benzene rings is 2. The first kappa shape index (κ1) is 18.8. The second-order valence-electron chi connectivity index (χ2n) is 6.36. The highest BCUT2D eigenvalue weighted by Crippen LogP contribution is 2.32. The number of aromatic amines is 1. The topological polar surface area (TPSA) is 87.0 Å². The Labute approximate surface area is 172 Å². The summed E-state index contributed by atoms with van der Waals surface area (Å²) in [6, 6.07) is 15.6. The molecule has 0 aliphatic rings. The van der Waals surface area contributed by atoms with Gasteiger partial charge in [-0.2, -0.15) is 5.10 Å². The zero-order chi connectivity index (χ0) is 20.2. The van der Waals surface area contributed by atoms with Crippen LogP contribution >= 0.6 is 11.3 Å². The molecule has 0 aliphatic heterocycles. The molecule has 0 atom stereocenters. The van der Waals surface area contributed by atoms with Gasteiger partial charge in [-0.25, -0.2) is 4.98 Å². The number of fused-ring (bicyclic) bond motifs is 1. The molecule has 0 spiro atoms. The molecule has 0 amide bonds. The maximum absolute atomic E-state index is 5.15. The van der Waals surface area contributed by atoms with Crippen LogP contribution in [0.3, 0.4) is 0 Å². The molecule has 0 radical (unpaired) electrons. The Hall–Kier alpha value is -3.52. The van der Waals surface area contributed by atoms with Crippen molar-refractivity contribution in [3.63, 3.8) is 0 Å². The number of H-pyrrole nitrogens is 1. The lowest BCUT2D eigenvalue weighted by atomic mass is 10.1. The van der Waals surface area contributed by atoms with Crippen molar-refractivity contribution >= 4 is 43.8 Å². The van der Waals surface area contributed by atoms with Crippen LogP contribution in [0.25, 0.3) is 10.9 Å². The standard InChI is InChI=1S/C21H20N6OS/c1-13(18-12-22-19-7-5-4-6-17(18)19)24-27-21-23-14(2)20(29-21)26-25-15-8-10-16(28-3)11-9-15/h4-12,22H,1-3H3,(H,23,27)/b24-13-,26-25?. The minimum absolute atomic E-state index is 0.672. The lowest BCUT2D eigenvalue weighted by Gasteiger charge is -1.99. The van der Waals surface area contributed by atoms with E-state index in [0.29, 0.717) is 5.13 Å². The van der Waals surface area contributed by atoms with Crippen molar-refractivity contribution in [1.82, 2.24) is 9.97 Å². The number of aromatic nitrogens is 2. The number of hydrogen-bond donors (Lipinski definition) is 2. The number of nitrogens with zero attached hydrogens (tertiary/aromatic N) is 4. The molecule has 0 unspecified atom stereocenters. The third kappa shape index (κ3) is 4.17. The van der Waals surface area contributed by atoms with Crippen LogP contribution in [0.15, 0.2) is 70.1 Å². The van der Waals surface area contributed by atoms with E-state index in [4.69, 9.17) is 4.74 Å². The van der Waals surface area contributed by atoms with Crippen molar-refractivity contribution in [2.75, 3.05) is 12.5 Å². The maximum atomic E-state index is 5.15. The summed E-state index contributed by atoms with van der Waals surface area (Å²) in [6.07, 6.45) is 1.97. The third-order valence-electron chi connectivity index (χ3n) is 4.40. The van der Waals surface area contributed by atoms with Crippen molar-refractivity contribution in [1.29, 1.82) is 0 Å². The summed E-state index contributed by atoms with van der Waals surface area (Å²) in [5.41, 5.74) is 7.60. The van der Waals surface area contributed by atoms with Gasteiger partial charge in [0.2, 0.25) is 5.13 Å². The summed E-state index contributed by atoms with van der Waals surface area (Å²) in [5.74, 6) is 0.785. The number of nitrogens with one attached hydrogen (secondary N) is 2. The summed E-state index contributed by atoms with van der Waals surface area (Å²) in [6.45, 7) is 3.87. The van der Waals surface area contributed by atoms with Crippen LogP contribution in [-0.2, 0) is 0 Å². The molecule has 29 heavy (non-hydrogen) atoms. The van der Waals surface area contributed by atoms with Gasteiger partial charge in [-0.3, -0.25) is 5.43 Å². The van der Waals surface area contributed by atoms with Gasteiger partial charge in [-0.05, 0) is 44.2 Å². The first-order valence-corrected chi connectivity index (χ1v) is 9.85. The molecule has 146 valence electrons. The van der Waals surface area contributed by atoms with E-state index < -0.39 is 0 Å². The van der Waals surface area contributed by atoms with Crippen LogP contribution in [0.4, 0.5) is 15.8 Å². The Kier molecular flexibility index (Phi) is 5.35. The van der Waals surface area contributed by atoms with Crippen molar-refractivity contribution in [2.24, 2.45) is 15.3 Å². The SMILES string of the molecule is COc1ccc(N=Nc2sc(N/N=C(/C)c3c[nH]c4ccccc34)nc2C)cc1. The van der Waals surface area contributed by atoms with Crippen LogP contribution in [0.5, 0.6) is 5.75 Å². The summed E-state index contributed by atoms with van der Waals surface area (Å²) in [5, 5.41) is 15.6. The fraction of sp³-hybridized carbons (Fsp3) is 0.143. The Balaban J connectivity index is 1.48. The van der Waals surface area contributed by atoms with Gasteiger partial charge in [0.05, 0.1) is 24.2 Å². The first-order valence-electron chi connectivity index (χ1n) is 9.04. The van der Waals surface area contributed by atoms with Gasteiger partial charge < -0.3 is 9.72 Å². The maximum Gasteiger partial charge on any atom is 0.205 e. The van der Waals surface area contributed by atoms with E-state index in [2.05, 4.69) is 36.8 Å². The molecule has 0 saturated heterocycles. The van der Waals surface area contributed by atoms with Gasteiger partial charge in [0.25, 0.3) is 0 Å². The Bertz CT molecular complexity index is 1190. The zero-order valence-corrected chi connectivity index (χ0v) is 17.1.